The normalized spacial score (nSPS) is 22.9. The Labute approximate surface area is 81.6 Å². The fourth-order valence-electron chi connectivity index (χ4n) is 1.53. The molecule has 6 heteroatoms. The van der Waals surface area contributed by atoms with Crippen molar-refractivity contribution in [1.82, 2.24) is 9.80 Å². The highest BCUT2D eigenvalue weighted by molar-refractivity contribution is 6.38. The number of primary amides is 1. The molecule has 1 heterocycles. The molecule has 6 nitrogen and oxygen atoms in total. The van der Waals surface area contributed by atoms with E-state index in [0.717, 1.165) is 4.90 Å². The molecule has 0 unspecified atom stereocenters. The largest absolute Gasteiger partial charge is 0.351 e. The number of hydrogen-bond donors (Lipinski definition) is 1. The number of likely N-dealkylation sites (N-methyl/N-ethyl adjacent to an activating group) is 1. The molecule has 0 saturated carbocycles. The zero-order chi connectivity index (χ0) is 10.9. The first-order valence-electron chi connectivity index (χ1n) is 4.41. The minimum Gasteiger partial charge on any atom is -0.351 e. The van der Waals surface area contributed by atoms with Gasteiger partial charge < -0.3 is 10.6 Å². The van der Waals surface area contributed by atoms with E-state index in [4.69, 9.17) is 5.73 Å². The Hall–Kier alpha value is -1.59. The van der Waals surface area contributed by atoms with Gasteiger partial charge in [-0.05, 0) is 13.8 Å². The lowest BCUT2D eigenvalue weighted by Gasteiger charge is -2.36. The molecular formula is C8H13N3O3. The Morgan fingerprint density at radius 2 is 2.07 bits per heavy atom. The van der Waals surface area contributed by atoms with Crippen molar-refractivity contribution in [3.05, 3.63) is 0 Å². The first kappa shape index (κ1) is 10.5. The molecule has 14 heavy (non-hydrogen) atoms. The molecule has 0 bridgehead atoms. The predicted octanol–water partition coefficient (Wildman–Crippen LogP) is -0.856. The van der Waals surface area contributed by atoms with Crippen LogP contribution >= 0.6 is 0 Å². The van der Waals surface area contributed by atoms with Crippen molar-refractivity contribution in [3.63, 3.8) is 0 Å². The van der Waals surface area contributed by atoms with Crippen molar-refractivity contribution in [2.24, 2.45) is 5.73 Å². The van der Waals surface area contributed by atoms with Crippen LogP contribution < -0.4 is 5.73 Å². The lowest BCUT2D eigenvalue weighted by atomic mass is 10.2. The Kier molecular flexibility index (Phi) is 2.73. The predicted molar refractivity (Wildman–Crippen MR) is 48.1 cm³/mol. The molecule has 4 amide bonds. The van der Waals surface area contributed by atoms with Gasteiger partial charge in [0.15, 0.2) is 0 Å². The quantitative estimate of drug-likeness (QED) is 0.558. The third-order valence-corrected chi connectivity index (χ3v) is 2.27. The molecule has 0 aromatic heterocycles. The summed E-state index contributed by atoms with van der Waals surface area (Å²) in [6.07, 6.45) is 0. The highest BCUT2D eigenvalue weighted by Gasteiger charge is 2.38. The first-order valence-corrected chi connectivity index (χ1v) is 4.41. The monoisotopic (exact) mass is 199 g/mol. The average Bonchev–Trinajstić information content (AvgIpc) is 2.12. The van der Waals surface area contributed by atoms with Gasteiger partial charge in [0.2, 0.25) is 0 Å². The van der Waals surface area contributed by atoms with Crippen LogP contribution in [0.3, 0.4) is 0 Å². The summed E-state index contributed by atoms with van der Waals surface area (Å²) in [5, 5.41) is 0. The Morgan fingerprint density at radius 3 is 2.50 bits per heavy atom. The van der Waals surface area contributed by atoms with Crippen LogP contribution in [0.15, 0.2) is 0 Å². The second-order valence-electron chi connectivity index (χ2n) is 3.19. The summed E-state index contributed by atoms with van der Waals surface area (Å²) in [6.45, 7) is 4.18. The smallest absolute Gasteiger partial charge is 0.321 e. The number of carbonyl (C=O) groups excluding carboxylic acids is 3. The minimum atomic E-state index is -0.869. The lowest BCUT2D eigenvalue weighted by Crippen LogP contribution is -2.60. The second-order valence-corrected chi connectivity index (χ2v) is 3.19. The lowest BCUT2D eigenvalue weighted by molar-refractivity contribution is -0.155. The maximum Gasteiger partial charge on any atom is 0.321 e. The van der Waals surface area contributed by atoms with E-state index in [-0.39, 0.29) is 12.6 Å². The fraction of sp³-hybridized carbons (Fsp3) is 0.625. The second kappa shape index (κ2) is 3.65. The van der Waals surface area contributed by atoms with Crippen LogP contribution in [0.25, 0.3) is 0 Å². The van der Waals surface area contributed by atoms with Gasteiger partial charge in [0, 0.05) is 12.6 Å². The van der Waals surface area contributed by atoms with Crippen LogP contribution in [0, 0.1) is 0 Å². The number of hydrogen-bond acceptors (Lipinski definition) is 3. The summed E-state index contributed by atoms with van der Waals surface area (Å²) in [7, 11) is 0. The third-order valence-electron chi connectivity index (χ3n) is 2.27. The molecule has 0 aromatic rings. The fourth-order valence-corrected chi connectivity index (χ4v) is 1.53. The van der Waals surface area contributed by atoms with Crippen molar-refractivity contribution < 1.29 is 14.4 Å². The van der Waals surface area contributed by atoms with Crippen LogP contribution in [0.5, 0.6) is 0 Å². The molecule has 1 fully saturated rings. The maximum atomic E-state index is 11.4. The van der Waals surface area contributed by atoms with Crippen LogP contribution in [0.4, 0.5) is 4.79 Å². The molecule has 1 atom stereocenters. The molecule has 1 saturated heterocycles. The van der Waals surface area contributed by atoms with Crippen molar-refractivity contribution >= 4 is 17.8 Å². The number of nitrogens with zero attached hydrogens (tertiary/aromatic N) is 2. The third kappa shape index (κ3) is 1.55. The molecular weight excluding hydrogens is 186 g/mol. The van der Waals surface area contributed by atoms with Crippen LogP contribution in [0.2, 0.25) is 0 Å². The number of rotatable bonds is 1. The van der Waals surface area contributed by atoms with Crippen LogP contribution in [-0.2, 0) is 9.59 Å². The molecule has 1 rings (SSSR count). The molecule has 0 aromatic carbocycles. The molecule has 0 spiro atoms. The van der Waals surface area contributed by atoms with E-state index in [1.165, 1.54) is 4.90 Å². The van der Waals surface area contributed by atoms with E-state index >= 15 is 0 Å². The SMILES string of the molecule is CCN1C(=O)C(=O)N(C(N)=O)C[C@H]1C. The van der Waals surface area contributed by atoms with Crippen molar-refractivity contribution in [2.45, 2.75) is 19.9 Å². The molecule has 2 N–H and O–H groups in total. The van der Waals surface area contributed by atoms with E-state index < -0.39 is 17.8 Å². The van der Waals surface area contributed by atoms with Gasteiger partial charge in [-0.1, -0.05) is 0 Å². The van der Waals surface area contributed by atoms with E-state index in [1.54, 1.807) is 13.8 Å². The van der Waals surface area contributed by atoms with E-state index in [2.05, 4.69) is 0 Å². The Balaban J connectivity index is 2.89. The number of piperazine rings is 1. The average molecular weight is 199 g/mol. The number of nitrogens with two attached hydrogens (primary N) is 1. The molecule has 1 aliphatic heterocycles. The van der Waals surface area contributed by atoms with E-state index in [9.17, 15) is 14.4 Å². The van der Waals surface area contributed by atoms with Crippen LogP contribution in [0.1, 0.15) is 13.8 Å². The number of carbonyl (C=O) groups is 3. The molecule has 78 valence electrons. The van der Waals surface area contributed by atoms with Crippen LogP contribution in [-0.4, -0.2) is 46.8 Å². The van der Waals surface area contributed by atoms with Gasteiger partial charge in [0.25, 0.3) is 0 Å². The summed E-state index contributed by atoms with van der Waals surface area (Å²) in [5.41, 5.74) is 4.96. The summed E-state index contributed by atoms with van der Waals surface area (Å²) < 4.78 is 0. The van der Waals surface area contributed by atoms with Gasteiger partial charge in [-0.3, -0.25) is 14.5 Å². The van der Waals surface area contributed by atoms with E-state index in [0.29, 0.717) is 6.54 Å². The minimum absolute atomic E-state index is 0.169. The first-order chi connectivity index (χ1) is 6.49. The summed E-state index contributed by atoms with van der Waals surface area (Å²) >= 11 is 0. The number of imide groups is 1. The van der Waals surface area contributed by atoms with Crippen molar-refractivity contribution in [1.29, 1.82) is 0 Å². The zero-order valence-corrected chi connectivity index (χ0v) is 8.19. The van der Waals surface area contributed by atoms with Gasteiger partial charge in [-0.2, -0.15) is 0 Å². The number of amides is 4. The Morgan fingerprint density at radius 1 is 1.50 bits per heavy atom. The number of urea groups is 1. The molecule has 0 aliphatic carbocycles. The van der Waals surface area contributed by atoms with Gasteiger partial charge in [0.1, 0.15) is 0 Å². The maximum absolute atomic E-state index is 11.4. The van der Waals surface area contributed by atoms with Gasteiger partial charge >= 0.3 is 17.8 Å². The zero-order valence-electron chi connectivity index (χ0n) is 8.19. The summed E-state index contributed by atoms with van der Waals surface area (Å²) in [5.74, 6) is -1.50. The van der Waals surface area contributed by atoms with Gasteiger partial charge in [-0.25, -0.2) is 4.79 Å². The standard InChI is InChI=1S/C8H13N3O3/c1-3-10-5(2)4-11(8(9)14)7(13)6(10)12/h5H,3-4H2,1-2H3,(H2,9,14)/t5-/m1/s1. The summed E-state index contributed by atoms with van der Waals surface area (Å²) in [6, 6.07) is -1.04. The molecule has 0 radical (unpaired) electrons. The topological polar surface area (TPSA) is 83.7 Å². The highest BCUT2D eigenvalue weighted by Crippen LogP contribution is 2.10. The Bertz CT molecular complexity index is 290. The van der Waals surface area contributed by atoms with Gasteiger partial charge in [-0.15, -0.1) is 0 Å². The van der Waals surface area contributed by atoms with Crippen molar-refractivity contribution in [2.75, 3.05) is 13.1 Å². The molecule has 1 aliphatic rings. The highest BCUT2D eigenvalue weighted by atomic mass is 16.2. The van der Waals surface area contributed by atoms with Gasteiger partial charge in [0.05, 0.1) is 6.54 Å². The summed E-state index contributed by atoms with van der Waals surface area (Å²) in [4.78, 5) is 35.7. The van der Waals surface area contributed by atoms with E-state index in [1.807, 2.05) is 0 Å². The van der Waals surface area contributed by atoms with Crippen molar-refractivity contribution in [3.8, 4) is 0 Å².